The third-order valence-electron chi connectivity index (χ3n) is 5.99. The third kappa shape index (κ3) is 4.95. The Hall–Kier alpha value is -4.67. The SMILES string of the molecule is C#CCOc1ccc(/C=c2\sc3n(c2=O)[C@@H](c2ccccc2)C(C(=O)OCC)=C(c2ccccc2)N=3)cc1. The van der Waals surface area contributed by atoms with Crippen molar-refractivity contribution in [1.29, 1.82) is 0 Å². The van der Waals surface area contributed by atoms with Crippen molar-refractivity contribution < 1.29 is 14.3 Å². The number of esters is 1. The molecule has 4 aromatic rings. The smallest absolute Gasteiger partial charge is 0.338 e. The lowest BCUT2D eigenvalue weighted by atomic mass is 9.93. The fraction of sp³-hybridized carbons (Fsp3) is 0.129. The molecular formula is C31H24N2O4S. The molecule has 7 heteroatoms. The highest BCUT2D eigenvalue weighted by Gasteiger charge is 2.35. The molecule has 188 valence electrons. The van der Waals surface area contributed by atoms with Crippen molar-refractivity contribution in [2.45, 2.75) is 13.0 Å². The minimum absolute atomic E-state index is 0.185. The molecule has 5 rings (SSSR count). The molecule has 0 bridgehead atoms. The Bertz CT molecular complexity index is 1710. The van der Waals surface area contributed by atoms with Gasteiger partial charge in [0.2, 0.25) is 0 Å². The fourth-order valence-corrected chi connectivity index (χ4v) is 5.33. The molecule has 0 N–H and O–H groups in total. The largest absolute Gasteiger partial charge is 0.481 e. The van der Waals surface area contributed by atoms with Crippen molar-refractivity contribution >= 4 is 29.1 Å². The number of benzene rings is 3. The van der Waals surface area contributed by atoms with Crippen LogP contribution in [0.5, 0.6) is 5.75 Å². The van der Waals surface area contributed by atoms with Gasteiger partial charge >= 0.3 is 5.97 Å². The summed E-state index contributed by atoms with van der Waals surface area (Å²) >= 11 is 1.28. The van der Waals surface area contributed by atoms with E-state index in [4.69, 9.17) is 20.9 Å². The molecule has 0 radical (unpaired) electrons. The van der Waals surface area contributed by atoms with Crippen LogP contribution in [0, 0.1) is 12.3 Å². The molecule has 0 unspecified atom stereocenters. The summed E-state index contributed by atoms with van der Waals surface area (Å²) < 4.78 is 13.0. The highest BCUT2D eigenvalue weighted by atomic mass is 32.1. The number of carbonyl (C=O) groups excluding carboxylic acids is 1. The number of aromatic nitrogens is 1. The second-order valence-corrected chi connectivity index (χ2v) is 9.41. The van der Waals surface area contributed by atoms with Crippen LogP contribution in [-0.2, 0) is 9.53 Å². The van der Waals surface area contributed by atoms with Gasteiger partial charge in [-0.2, -0.15) is 0 Å². The average molecular weight is 521 g/mol. The number of terminal acetylenes is 1. The Balaban J connectivity index is 1.73. The van der Waals surface area contributed by atoms with E-state index in [1.54, 1.807) is 23.6 Å². The summed E-state index contributed by atoms with van der Waals surface area (Å²) in [6, 6.07) is 25.6. The first-order chi connectivity index (χ1) is 18.6. The third-order valence-corrected chi connectivity index (χ3v) is 6.97. The van der Waals surface area contributed by atoms with Crippen molar-refractivity contribution in [2.75, 3.05) is 13.2 Å². The van der Waals surface area contributed by atoms with Gasteiger partial charge in [0.1, 0.15) is 12.4 Å². The van der Waals surface area contributed by atoms with Crippen LogP contribution in [0.25, 0.3) is 11.8 Å². The second-order valence-electron chi connectivity index (χ2n) is 8.40. The molecule has 0 spiro atoms. The van der Waals surface area contributed by atoms with E-state index in [1.165, 1.54) is 11.3 Å². The van der Waals surface area contributed by atoms with Gasteiger partial charge in [-0.25, -0.2) is 9.79 Å². The summed E-state index contributed by atoms with van der Waals surface area (Å²) in [7, 11) is 0. The quantitative estimate of drug-likeness (QED) is 0.273. The van der Waals surface area contributed by atoms with Gasteiger partial charge in [0.25, 0.3) is 5.56 Å². The van der Waals surface area contributed by atoms with Crippen molar-refractivity contribution in [3.63, 3.8) is 0 Å². The summed E-state index contributed by atoms with van der Waals surface area (Å²) in [5, 5.41) is 0. The maximum atomic E-state index is 13.8. The zero-order valence-corrected chi connectivity index (χ0v) is 21.5. The van der Waals surface area contributed by atoms with E-state index < -0.39 is 12.0 Å². The van der Waals surface area contributed by atoms with E-state index in [2.05, 4.69) is 5.92 Å². The van der Waals surface area contributed by atoms with Gasteiger partial charge in [0, 0.05) is 5.56 Å². The number of ether oxygens (including phenoxy) is 2. The topological polar surface area (TPSA) is 69.9 Å². The van der Waals surface area contributed by atoms with Crippen LogP contribution >= 0.6 is 11.3 Å². The zero-order valence-electron chi connectivity index (χ0n) is 20.7. The normalized spacial score (nSPS) is 14.8. The predicted molar refractivity (Wildman–Crippen MR) is 148 cm³/mol. The Morgan fingerprint density at radius 2 is 1.74 bits per heavy atom. The van der Waals surface area contributed by atoms with E-state index >= 15 is 0 Å². The molecular weight excluding hydrogens is 496 g/mol. The molecule has 2 heterocycles. The Labute approximate surface area is 223 Å². The molecule has 0 aliphatic carbocycles. The van der Waals surface area contributed by atoms with Crippen LogP contribution < -0.4 is 19.6 Å². The van der Waals surface area contributed by atoms with Crippen molar-refractivity contribution in [3.8, 4) is 18.1 Å². The molecule has 1 atom stereocenters. The molecule has 0 saturated heterocycles. The zero-order chi connectivity index (χ0) is 26.5. The van der Waals surface area contributed by atoms with Gasteiger partial charge in [0.15, 0.2) is 4.80 Å². The first-order valence-corrected chi connectivity index (χ1v) is 12.9. The monoisotopic (exact) mass is 520 g/mol. The standard InChI is InChI=1S/C31H24N2O4S/c1-3-19-37-24-17-15-21(16-18-24)20-25-29(34)33-28(23-13-9-6-10-14-23)26(30(35)36-4-2)27(32-31(33)38-25)22-11-7-5-8-12-22/h1,5-18,20,28H,4,19H2,2H3/b25-20-/t28-/m0/s1. The highest BCUT2D eigenvalue weighted by Crippen LogP contribution is 2.35. The van der Waals surface area contributed by atoms with E-state index in [9.17, 15) is 9.59 Å². The Kier molecular flexibility index (Phi) is 7.34. The first kappa shape index (κ1) is 25.0. The van der Waals surface area contributed by atoms with Crippen LogP contribution in [0.3, 0.4) is 0 Å². The molecule has 3 aromatic carbocycles. The maximum Gasteiger partial charge on any atom is 0.338 e. The van der Waals surface area contributed by atoms with E-state index in [0.717, 1.165) is 16.7 Å². The maximum absolute atomic E-state index is 13.8. The van der Waals surface area contributed by atoms with Gasteiger partial charge in [-0.05, 0) is 36.3 Å². The van der Waals surface area contributed by atoms with Crippen LogP contribution in [-0.4, -0.2) is 23.8 Å². The average Bonchev–Trinajstić information content (AvgIpc) is 3.27. The van der Waals surface area contributed by atoms with Gasteiger partial charge in [-0.15, -0.1) is 6.42 Å². The predicted octanol–water partition coefficient (Wildman–Crippen LogP) is 3.95. The highest BCUT2D eigenvalue weighted by molar-refractivity contribution is 7.07. The number of carbonyl (C=O) groups is 1. The molecule has 1 aliphatic heterocycles. The summed E-state index contributed by atoms with van der Waals surface area (Å²) in [6.07, 6.45) is 7.07. The Morgan fingerprint density at radius 1 is 1.05 bits per heavy atom. The lowest BCUT2D eigenvalue weighted by molar-refractivity contribution is -0.138. The molecule has 38 heavy (non-hydrogen) atoms. The van der Waals surface area contributed by atoms with Gasteiger partial charge < -0.3 is 9.47 Å². The minimum Gasteiger partial charge on any atom is -0.481 e. The van der Waals surface area contributed by atoms with Crippen LogP contribution in [0.15, 0.2) is 100 Å². The lowest BCUT2D eigenvalue weighted by Gasteiger charge is -2.25. The summed E-state index contributed by atoms with van der Waals surface area (Å²) in [5.74, 6) is 2.59. The van der Waals surface area contributed by atoms with E-state index in [-0.39, 0.29) is 18.8 Å². The molecule has 0 fully saturated rings. The molecule has 1 aliphatic rings. The number of hydrogen-bond acceptors (Lipinski definition) is 6. The number of fused-ring (bicyclic) bond motifs is 1. The number of thiazole rings is 1. The number of hydrogen-bond donors (Lipinski definition) is 0. The van der Waals surface area contributed by atoms with Crippen molar-refractivity contribution in [1.82, 2.24) is 4.57 Å². The molecule has 0 amide bonds. The van der Waals surface area contributed by atoms with Crippen molar-refractivity contribution in [3.05, 3.63) is 127 Å². The van der Waals surface area contributed by atoms with Gasteiger partial charge in [-0.1, -0.05) is 90.1 Å². The minimum atomic E-state index is -0.691. The number of rotatable bonds is 7. The first-order valence-electron chi connectivity index (χ1n) is 12.1. The summed E-state index contributed by atoms with van der Waals surface area (Å²) in [4.78, 5) is 32.6. The molecule has 0 saturated carbocycles. The van der Waals surface area contributed by atoms with Crippen LogP contribution in [0.2, 0.25) is 0 Å². The van der Waals surface area contributed by atoms with E-state index in [0.29, 0.717) is 26.4 Å². The van der Waals surface area contributed by atoms with Crippen molar-refractivity contribution in [2.24, 2.45) is 4.99 Å². The fourth-order valence-electron chi connectivity index (χ4n) is 4.33. The number of nitrogens with zero attached hydrogens (tertiary/aromatic N) is 2. The summed E-state index contributed by atoms with van der Waals surface area (Å²) in [6.45, 7) is 2.15. The Morgan fingerprint density at radius 3 is 2.39 bits per heavy atom. The van der Waals surface area contributed by atoms with Gasteiger partial charge in [-0.3, -0.25) is 9.36 Å². The van der Waals surface area contributed by atoms with Crippen LogP contribution in [0.1, 0.15) is 29.7 Å². The summed E-state index contributed by atoms with van der Waals surface area (Å²) in [5.41, 5.74) is 2.99. The lowest BCUT2D eigenvalue weighted by Crippen LogP contribution is -2.39. The molecule has 1 aromatic heterocycles. The van der Waals surface area contributed by atoms with Gasteiger partial charge in [0.05, 0.1) is 28.5 Å². The second kappa shape index (κ2) is 11.2. The molecule has 6 nitrogen and oxygen atoms in total. The van der Waals surface area contributed by atoms with Crippen LogP contribution in [0.4, 0.5) is 0 Å². The van der Waals surface area contributed by atoms with E-state index in [1.807, 2.05) is 78.9 Å².